The fourth-order valence-corrected chi connectivity index (χ4v) is 7.54. The highest BCUT2D eigenvalue weighted by Crippen LogP contribution is 2.80. The Morgan fingerprint density at radius 1 is 0.708 bits per heavy atom. The molecule has 4 nitrogen and oxygen atoms in total. The highest BCUT2D eigenvalue weighted by molar-refractivity contribution is 6.53. The maximum absolute atomic E-state index is 7.02. The van der Waals surface area contributed by atoms with E-state index in [1.165, 1.54) is 28.4 Å². The molecule has 1 fully saturated rings. The first kappa shape index (κ1) is 19.8. The summed E-state index contributed by atoms with van der Waals surface area (Å²) in [5.41, 5.74) is 0. The van der Waals surface area contributed by atoms with Gasteiger partial charge in [0.15, 0.2) is 0 Å². The number of halogens is 6. The number of ether oxygens (including phenoxy) is 4. The van der Waals surface area contributed by atoms with E-state index in [2.05, 4.69) is 0 Å². The van der Waals surface area contributed by atoms with Crippen molar-refractivity contribution >= 4 is 69.6 Å². The number of rotatable bonds is 4. The Hall–Kier alpha value is 1.06. The molecule has 136 valence electrons. The molecule has 1 saturated carbocycles. The van der Waals surface area contributed by atoms with Crippen molar-refractivity contribution < 1.29 is 18.9 Å². The summed E-state index contributed by atoms with van der Waals surface area (Å²) in [5, 5.41) is 0.524. The number of hydrogen-bond acceptors (Lipinski definition) is 4. The molecule has 0 saturated heterocycles. The molecular weight excluding hydrogens is 445 g/mol. The highest BCUT2D eigenvalue weighted by Gasteiger charge is 2.90. The SMILES string of the molecule is COC1(OC)C(Cl)=C(Cl)[C@@H]2[C@@H]1[C@]1(Cl)C(Cl)=C(Cl)[C@]2(Cl)C1(OC)OC. The van der Waals surface area contributed by atoms with Crippen molar-refractivity contribution in [3.63, 3.8) is 0 Å². The molecule has 0 aromatic heterocycles. The second kappa shape index (κ2) is 5.78. The van der Waals surface area contributed by atoms with E-state index in [0.717, 1.165) is 0 Å². The lowest BCUT2D eigenvalue weighted by Gasteiger charge is -2.44. The van der Waals surface area contributed by atoms with Gasteiger partial charge in [-0.25, -0.2) is 0 Å². The van der Waals surface area contributed by atoms with E-state index in [4.69, 9.17) is 88.6 Å². The van der Waals surface area contributed by atoms with Gasteiger partial charge in [-0.3, -0.25) is 0 Å². The van der Waals surface area contributed by atoms with Crippen LogP contribution in [0.25, 0.3) is 0 Å². The summed E-state index contributed by atoms with van der Waals surface area (Å²) in [6, 6.07) is 0. The number of hydrogen-bond donors (Lipinski definition) is 0. The molecule has 3 aliphatic rings. The summed E-state index contributed by atoms with van der Waals surface area (Å²) in [6.07, 6.45) is 0. The van der Waals surface area contributed by atoms with Gasteiger partial charge in [-0.2, -0.15) is 0 Å². The van der Waals surface area contributed by atoms with E-state index in [1.54, 1.807) is 0 Å². The first-order valence-electron chi connectivity index (χ1n) is 6.82. The monoisotopic (exact) mass is 456 g/mol. The van der Waals surface area contributed by atoms with Gasteiger partial charge in [0.2, 0.25) is 11.6 Å². The Labute approximate surface area is 169 Å². The van der Waals surface area contributed by atoms with E-state index >= 15 is 0 Å². The lowest BCUT2D eigenvalue weighted by atomic mass is 9.81. The van der Waals surface area contributed by atoms with Gasteiger partial charge in [0.25, 0.3) is 0 Å². The van der Waals surface area contributed by atoms with Crippen molar-refractivity contribution in [1.29, 1.82) is 0 Å². The normalized spacial score (nSPS) is 42.2. The summed E-state index contributed by atoms with van der Waals surface area (Å²) in [7, 11) is 5.65. The molecule has 0 spiro atoms. The van der Waals surface area contributed by atoms with Crippen LogP contribution in [0.15, 0.2) is 20.1 Å². The van der Waals surface area contributed by atoms with Crippen LogP contribution in [0.4, 0.5) is 0 Å². The summed E-state index contributed by atoms with van der Waals surface area (Å²) in [4.78, 5) is -3.04. The van der Waals surface area contributed by atoms with Crippen LogP contribution in [0.5, 0.6) is 0 Å². The molecule has 0 unspecified atom stereocenters. The number of alkyl halides is 2. The zero-order valence-corrected chi connectivity index (χ0v) is 17.6. The van der Waals surface area contributed by atoms with Crippen LogP contribution in [0, 0.1) is 11.8 Å². The van der Waals surface area contributed by atoms with Crippen molar-refractivity contribution in [3.05, 3.63) is 20.1 Å². The highest BCUT2D eigenvalue weighted by atomic mass is 35.5. The standard InChI is InChI=1S/C14H14Cl6O4/c1-21-13(22-2)7-5(6(15)8(13)16)11(19)9(17)10(18)12(7,20)14(11,23-3)24-4/h5,7H,1-4H3/t5-,7-,11+,12+/m1/s1. The van der Waals surface area contributed by atoms with Crippen LogP contribution in [-0.4, -0.2) is 49.8 Å². The Bertz CT molecular complexity index is 656. The van der Waals surface area contributed by atoms with E-state index in [9.17, 15) is 0 Å². The van der Waals surface area contributed by atoms with Crippen molar-refractivity contribution in [2.24, 2.45) is 11.8 Å². The molecule has 0 aromatic carbocycles. The van der Waals surface area contributed by atoms with Gasteiger partial charge in [0.1, 0.15) is 9.75 Å². The zero-order chi connectivity index (χ0) is 18.3. The average molecular weight is 459 g/mol. The lowest BCUT2D eigenvalue weighted by molar-refractivity contribution is -0.243. The van der Waals surface area contributed by atoms with E-state index in [0.29, 0.717) is 0 Å². The third-order valence-electron chi connectivity index (χ3n) is 5.36. The van der Waals surface area contributed by atoms with Crippen LogP contribution in [0.2, 0.25) is 0 Å². The van der Waals surface area contributed by atoms with Crippen LogP contribution < -0.4 is 0 Å². The van der Waals surface area contributed by atoms with E-state index in [-0.39, 0.29) is 20.1 Å². The number of allylic oxidation sites excluding steroid dienone is 1. The fourth-order valence-electron chi connectivity index (χ4n) is 4.45. The average Bonchev–Trinajstić information content (AvgIpc) is 2.97. The van der Waals surface area contributed by atoms with E-state index < -0.39 is 33.2 Å². The van der Waals surface area contributed by atoms with Crippen LogP contribution in [0.1, 0.15) is 0 Å². The Balaban J connectivity index is 2.41. The Morgan fingerprint density at radius 2 is 1.17 bits per heavy atom. The number of methoxy groups -OCH3 is 4. The minimum absolute atomic E-state index is 0.0834. The van der Waals surface area contributed by atoms with Crippen molar-refractivity contribution in [3.8, 4) is 0 Å². The molecule has 3 aliphatic carbocycles. The van der Waals surface area contributed by atoms with Gasteiger partial charge in [0.05, 0.1) is 21.0 Å². The second-order valence-corrected chi connectivity index (χ2v) is 8.50. The molecule has 0 aromatic rings. The third-order valence-corrected chi connectivity index (χ3v) is 8.96. The molecule has 24 heavy (non-hydrogen) atoms. The van der Waals surface area contributed by atoms with Gasteiger partial charge >= 0.3 is 0 Å². The molecule has 0 radical (unpaired) electrons. The zero-order valence-electron chi connectivity index (χ0n) is 13.1. The molecular formula is C14H14Cl6O4. The number of fused-ring (bicyclic) bond motifs is 5. The molecule has 10 heteroatoms. The molecule has 4 atom stereocenters. The fraction of sp³-hybridized carbons (Fsp3) is 0.714. The van der Waals surface area contributed by atoms with Crippen LogP contribution in [0.3, 0.4) is 0 Å². The summed E-state index contributed by atoms with van der Waals surface area (Å²) < 4.78 is 22.5. The van der Waals surface area contributed by atoms with Crippen molar-refractivity contribution in [1.82, 2.24) is 0 Å². The summed E-state index contributed by atoms with van der Waals surface area (Å²) in [6.45, 7) is 0. The third kappa shape index (κ3) is 1.63. The molecule has 0 heterocycles. The minimum Gasteiger partial charge on any atom is -0.350 e. The summed E-state index contributed by atoms with van der Waals surface area (Å²) >= 11 is 39.9. The molecule has 3 rings (SSSR count). The largest absolute Gasteiger partial charge is 0.350 e. The van der Waals surface area contributed by atoms with Gasteiger partial charge in [-0.15, -0.1) is 23.2 Å². The van der Waals surface area contributed by atoms with Crippen LogP contribution in [-0.2, 0) is 18.9 Å². The molecule has 0 amide bonds. The Kier molecular flexibility index (Phi) is 4.77. The predicted octanol–water partition coefficient (Wildman–Crippen LogP) is 4.57. The predicted molar refractivity (Wildman–Crippen MR) is 95.1 cm³/mol. The van der Waals surface area contributed by atoms with Gasteiger partial charge < -0.3 is 18.9 Å². The molecule has 0 N–H and O–H groups in total. The van der Waals surface area contributed by atoms with Crippen molar-refractivity contribution in [2.45, 2.75) is 21.3 Å². The Morgan fingerprint density at radius 3 is 1.58 bits per heavy atom. The van der Waals surface area contributed by atoms with Gasteiger partial charge in [0, 0.05) is 39.4 Å². The van der Waals surface area contributed by atoms with Crippen molar-refractivity contribution in [2.75, 3.05) is 28.4 Å². The first-order valence-corrected chi connectivity index (χ1v) is 9.09. The van der Waals surface area contributed by atoms with Gasteiger partial charge in [-0.1, -0.05) is 46.4 Å². The lowest BCUT2D eigenvalue weighted by Crippen LogP contribution is -2.60. The van der Waals surface area contributed by atoms with Crippen LogP contribution >= 0.6 is 69.6 Å². The smallest absolute Gasteiger partial charge is 0.218 e. The quantitative estimate of drug-likeness (QED) is 0.456. The summed E-state index contributed by atoms with van der Waals surface area (Å²) in [5.74, 6) is -4.51. The first-order chi connectivity index (χ1) is 11.1. The second-order valence-electron chi connectivity index (χ2n) is 5.77. The molecule has 0 aliphatic heterocycles. The maximum atomic E-state index is 7.02. The maximum Gasteiger partial charge on any atom is 0.218 e. The molecule has 2 bridgehead atoms. The van der Waals surface area contributed by atoms with Gasteiger partial charge in [-0.05, 0) is 0 Å². The topological polar surface area (TPSA) is 36.9 Å². The minimum atomic E-state index is -1.60. The van der Waals surface area contributed by atoms with E-state index in [1.807, 2.05) is 0 Å².